The highest BCUT2D eigenvalue weighted by Gasteiger charge is 2.33. The number of rotatable bonds is 4. The summed E-state index contributed by atoms with van der Waals surface area (Å²) in [4.78, 5) is 0. The zero-order chi connectivity index (χ0) is 15.3. The van der Waals surface area contributed by atoms with E-state index in [0.717, 1.165) is 0 Å². The van der Waals surface area contributed by atoms with Crippen molar-refractivity contribution >= 4 is 18.2 Å². The molecular formula is C12H18ClN4O3P. The SMILES string of the molecule is N#CC1CCN(OP(=O)(Cl)ON2CCC(C#N)CC2)CC1. The number of hydrogen-bond donors (Lipinski definition) is 0. The molecule has 0 spiro atoms. The van der Waals surface area contributed by atoms with Crippen LogP contribution in [0.15, 0.2) is 0 Å². The number of hydrogen-bond acceptors (Lipinski definition) is 7. The summed E-state index contributed by atoms with van der Waals surface area (Å²) >= 11 is 5.84. The molecule has 0 aliphatic carbocycles. The molecule has 0 aromatic carbocycles. The molecule has 7 nitrogen and oxygen atoms in total. The Bertz CT molecular complexity index is 436. The summed E-state index contributed by atoms with van der Waals surface area (Å²) in [6.07, 6.45) is 2.67. The lowest BCUT2D eigenvalue weighted by Crippen LogP contribution is -2.35. The van der Waals surface area contributed by atoms with Crippen molar-refractivity contribution < 1.29 is 13.8 Å². The lowest BCUT2D eigenvalue weighted by atomic mass is 10.0. The molecule has 2 rings (SSSR count). The topological polar surface area (TPSA) is 89.6 Å². The molecule has 0 aromatic rings. The number of nitriles is 2. The monoisotopic (exact) mass is 332 g/mol. The fourth-order valence-electron chi connectivity index (χ4n) is 2.42. The number of halogens is 1. The minimum absolute atomic E-state index is 0.0190. The van der Waals surface area contributed by atoms with Gasteiger partial charge in [-0.1, -0.05) is 0 Å². The molecule has 0 bridgehead atoms. The summed E-state index contributed by atoms with van der Waals surface area (Å²) in [5.74, 6) is 0.0379. The Labute approximate surface area is 129 Å². The normalized spacial score (nSPS) is 23.6. The third-order valence-corrected chi connectivity index (χ3v) is 4.92. The zero-order valence-corrected chi connectivity index (χ0v) is 13.3. The van der Waals surface area contributed by atoms with Crippen LogP contribution < -0.4 is 0 Å². The Balaban J connectivity index is 1.76. The van der Waals surface area contributed by atoms with Gasteiger partial charge in [-0.3, -0.25) is 0 Å². The van der Waals surface area contributed by atoms with Gasteiger partial charge < -0.3 is 0 Å². The van der Waals surface area contributed by atoms with Gasteiger partial charge in [-0.05, 0) is 25.7 Å². The predicted molar refractivity (Wildman–Crippen MR) is 75.4 cm³/mol. The highest BCUT2D eigenvalue weighted by Crippen LogP contribution is 2.55. The molecule has 2 saturated heterocycles. The second-order valence-corrected chi connectivity index (χ2v) is 7.69. The van der Waals surface area contributed by atoms with Crippen molar-refractivity contribution in [3.63, 3.8) is 0 Å². The molecule has 2 fully saturated rings. The molecule has 2 aliphatic heterocycles. The predicted octanol–water partition coefficient (Wildman–Crippen LogP) is 2.67. The van der Waals surface area contributed by atoms with Gasteiger partial charge in [0.1, 0.15) is 0 Å². The van der Waals surface area contributed by atoms with Gasteiger partial charge in [0.25, 0.3) is 0 Å². The van der Waals surface area contributed by atoms with E-state index < -0.39 is 6.95 Å². The van der Waals surface area contributed by atoms with Crippen molar-refractivity contribution in [3.05, 3.63) is 0 Å². The Kier molecular flexibility index (Phi) is 6.01. The molecule has 0 saturated carbocycles. The lowest BCUT2D eigenvalue weighted by Gasteiger charge is -2.32. The van der Waals surface area contributed by atoms with E-state index in [1.807, 2.05) is 0 Å². The number of nitrogens with zero attached hydrogens (tertiary/aromatic N) is 4. The van der Waals surface area contributed by atoms with Gasteiger partial charge in [-0.25, -0.2) is 13.8 Å². The Hall–Kier alpha value is -0.660. The minimum atomic E-state index is -3.73. The highest BCUT2D eigenvalue weighted by molar-refractivity contribution is 7.81. The van der Waals surface area contributed by atoms with Crippen LogP contribution in [0.4, 0.5) is 0 Å². The fraction of sp³-hybridized carbons (Fsp3) is 0.833. The molecule has 0 aromatic heterocycles. The number of hydroxylamine groups is 4. The number of piperidine rings is 2. The van der Waals surface area contributed by atoms with Crippen LogP contribution in [0.1, 0.15) is 25.7 Å². The largest absolute Gasteiger partial charge is 0.457 e. The van der Waals surface area contributed by atoms with E-state index in [1.165, 1.54) is 10.1 Å². The van der Waals surface area contributed by atoms with E-state index in [9.17, 15) is 4.57 Å². The van der Waals surface area contributed by atoms with Gasteiger partial charge in [0.05, 0.1) is 12.1 Å². The smallest absolute Gasteiger partial charge is 0.238 e. The van der Waals surface area contributed by atoms with Crippen LogP contribution in [0.3, 0.4) is 0 Å². The Morgan fingerprint density at radius 3 is 1.52 bits per heavy atom. The lowest BCUT2D eigenvalue weighted by molar-refractivity contribution is -0.132. The van der Waals surface area contributed by atoms with Gasteiger partial charge in [-0.2, -0.15) is 20.7 Å². The maximum absolute atomic E-state index is 12.2. The van der Waals surface area contributed by atoms with Crippen LogP contribution in [0.25, 0.3) is 0 Å². The maximum atomic E-state index is 12.2. The summed E-state index contributed by atoms with van der Waals surface area (Å²) in [6, 6.07) is 4.43. The first-order valence-electron chi connectivity index (χ1n) is 7.00. The van der Waals surface area contributed by atoms with Crippen LogP contribution in [-0.2, 0) is 13.8 Å². The van der Waals surface area contributed by atoms with Gasteiger partial charge in [0.2, 0.25) is 0 Å². The van der Waals surface area contributed by atoms with E-state index >= 15 is 0 Å². The van der Waals surface area contributed by atoms with Crippen molar-refractivity contribution in [3.8, 4) is 12.1 Å². The van der Waals surface area contributed by atoms with E-state index in [4.69, 9.17) is 31.0 Å². The van der Waals surface area contributed by atoms with Crippen LogP contribution >= 0.6 is 18.2 Å². The van der Waals surface area contributed by atoms with Crippen molar-refractivity contribution in [1.82, 2.24) is 10.1 Å². The molecule has 0 amide bonds. The van der Waals surface area contributed by atoms with Gasteiger partial charge >= 0.3 is 6.95 Å². The molecule has 0 radical (unpaired) electrons. The Morgan fingerprint density at radius 2 is 1.24 bits per heavy atom. The first kappa shape index (κ1) is 16.7. The van der Waals surface area contributed by atoms with Crippen LogP contribution in [0, 0.1) is 34.5 Å². The highest BCUT2D eigenvalue weighted by atomic mass is 35.7. The van der Waals surface area contributed by atoms with Crippen molar-refractivity contribution in [2.75, 3.05) is 26.2 Å². The molecule has 2 aliphatic rings. The van der Waals surface area contributed by atoms with E-state index in [-0.39, 0.29) is 11.8 Å². The molecule has 9 heteroatoms. The summed E-state index contributed by atoms with van der Waals surface area (Å²) < 4.78 is 22.6. The molecule has 116 valence electrons. The van der Waals surface area contributed by atoms with Crippen molar-refractivity contribution in [2.24, 2.45) is 11.8 Å². The van der Waals surface area contributed by atoms with Gasteiger partial charge in [0, 0.05) is 49.3 Å². The van der Waals surface area contributed by atoms with Crippen molar-refractivity contribution in [2.45, 2.75) is 25.7 Å². The average molecular weight is 333 g/mol. The Morgan fingerprint density at radius 1 is 0.905 bits per heavy atom. The third-order valence-electron chi connectivity index (χ3n) is 3.70. The van der Waals surface area contributed by atoms with Crippen LogP contribution in [0.2, 0.25) is 0 Å². The third kappa shape index (κ3) is 5.23. The van der Waals surface area contributed by atoms with Crippen molar-refractivity contribution in [1.29, 1.82) is 10.5 Å². The van der Waals surface area contributed by atoms with E-state index in [1.54, 1.807) is 0 Å². The molecule has 0 N–H and O–H groups in total. The summed E-state index contributed by atoms with van der Waals surface area (Å²) in [6.45, 7) is -1.69. The summed E-state index contributed by atoms with van der Waals surface area (Å²) in [5, 5.41) is 20.7. The second-order valence-electron chi connectivity index (χ2n) is 5.26. The van der Waals surface area contributed by atoms with E-state index in [0.29, 0.717) is 51.9 Å². The van der Waals surface area contributed by atoms with Gasteiger partial charge in [-0.15, -0.1) is 0 Å². The van der Waals surface area contributed by atoms with Gasteiger partial charge in [0.15, 0.2) is 0 Å². The minimum Gasteiger partial charge on any atom is -0.238 e. The first-order valence-corrected chi connectivity index (χ1v) is 9.45. The molecule has 2 heterocycles. The first-order chi connectivity index (χ1) is 10.0. The molecule has 0 unspecified atom stereocenters. The fourth-order valence-corrected chi connectivity index (χ4v) is 3.86. The molecule has 0 atom stereocenters. The second kappa shape index (κ2) is 7.56. The molecular weight excluding hydrogens is 315 g/mol. The summed E-state index contributed by atoms with van der Waals surface area (Å²) in [7, 11) is 0. The molecule has 21 heavy (non-hydrogen) atoms. The van der Waals surface area contributed by atoms with E-state index in [2.05, 4.69) is 12.1 Å². The quantitative estimate of drug-likeness (QED) is 0.731. The van der Waals surface area contributed by atoms with Crippen LogP contribution in [0.5, 0.6) is 0 Å². The zero-order valence-electron chi connectivity index (χ0n) is 11.7. The summed E-state index contributed by atoms with van der Waals surface area (Å²) in [5.41, 5.74) is 0. The maximum Gasteiger partial charge on any atom is 0.457 e. The average Bonchev–Trinajstić information content (AvgIpc) is 2.48. The van der Waals surface area contributed by atoms with Crippen LogP contribution in [-0.4, -0.2) is 36.3 Å². The standard InChI is InChI=1S/C12H18ClN4O3P/c13-21(18,19-16-5-1-11(9-14)2-6-16)20-17-7-3-12(10-15)4-8-17/h11-12H,1-8H2.